The molecule has 7 nitrogen and oxygen atoms in total. The highest BCUT2D eigenvalue weighted by Gasteiger charge is 2.28. The quantitative estimate of drug-likeness (QED) is 0.237. The van der Waals surface area contributed by atoms with Crippen LogP contribution in [0.1, 0.15) is 35.7 Å². The fraction of sp³-hybridized carbons (Fsp3) is 0.226. The van der Waals surface area contributed by atoms with Crippen molar-refractivity contribution in [2.24, 2.45) is 0 Å². The van der Waals surface area contributed by atoms with Crippen molar-refractivity contribution in [2.75, 3.05) is 11.4 Å². The second kappa shape index (κ2) is 11.5. The van der Waals surface area contributed by atoms with E-state index < -0.39 is 35.1 Å². The van der Waals surface area contributed by atoms with Crippen molar-refractivity contribution >= 4 is 45.8 Å². The van der Waals surface area contributed by atoms with Gasteiger partial charge in [-0.2, -0.15) is 0 Å². The van der Waals surface area contributed by atoms with E-state index >= 15 is 8.78 Å². The zero-order valence-corrected chi connectivity index (χ0v) is 22.8. The highest BCUT2D eigenvalue weighted by Crippen LogP contribution is 2.36. The van der Waals surface area contributed by atoms with Crippen molar-refractivity contribution in [1.82, 2.24) is 10.3 Å². The van der Waals surface area contributed by atoms with Gasteiger partial charge >= 0.3 is 5.97 Å². The molecule has 5 rings (SSSR count). The van der Waals surface area contributed by atoms with E-state index in [4.69, 9.17) is 18.2 Å². The Morgan fingerprint density at radius 3 is 2.54 bits per heavy atom. The van der Waals surface area contributed by atoms with E-state index in [1.165, 1.54) is 0 Å². The Hall–Kier alpha value is -4.55. The Bertz CT molecular complexity index is 1700. The summed E-state index contributed by atoms with van der Waals surface area (Å²) in [5.74, 6) is -4.62. The number of carbonyl (C=O) groups is 2. The Kier molecular flexibility index (Phi) is 7.86. The normalized spacial score (nSPS) is 15.5. The molecule has 4 aromatic rings. The third kappa shape index (κ3) is 5.56. The zero-order chi connectivity index (χ0) is 29.3. The molecule has 0 saturated carbocycles. The van der Waals surface area contributed by atoms with Crippen LogP contribution in [0.15, 0.2) is 60.8 Å². The van der Waals surface area contributed by atoms with Gasteiger partial charge in [0.25, 0.3) is 5.91 Å². The molecule has 0 bridgehead atoms. The highest BCUT2D eigenvalue weighted by molar-refractivity contribution is 6.34. The number of rotatable bonds is 7. The van der Waals surface area contributed by atoms with E-state index in [9.17, 15) is 14.7 Å². The molecule has 1 aliphatic heterocycles. The van der Waals surface area contributed by atoms with Gasteiger partial charge in [-0.25, -0.2) is 18.4 Å². The van der Waals surface area contributed by atoms with E-state index in [0.717, 1.165) is 25.0 Å². The van der Waals surface area contributed by atoms with Gasteiger partial charge in [0.05, 0.1) is 12.1 Å². The highest BCUT2D eigenvalue weighted by atomic mass is 35.5. The summed E-state index contributed by atoms with van der Waals surface area (Å²) in [5, 5.41) is 13.2. The molecule has 0 spiro atoms. The van der Waals surface area contributed by atoms with Crippen LogP contribution in [-0.2, 0) is 11.2 Å². The van der Waals surface area contributed by atoms with Gasteiger partial charge in [0.2, 0.25) is 0 Å². The van der Waals surface area contributed by atoms with Crippen LogP contribution in [-0.4, -0.2) is 40.6 Å². The number of halogens is 3. The van der Waals surface area contributed by atoms with Crippen molar-refractivity contribution in [3.8, 4) is 11.1 Å². The standard InChI is InChI=1S/C31H25ClF2N4O3/c1-17-5-4-12-38(17)20-15-25(33)28(26(34)16-20)30(39)37-27(31(40)41)13-18-7-9-23(29-21(18)6-3-11-36-29)22-10-8-19(35-2)14-24(22)32/h3,6-11,14-17,27H,4-5,12-13H2,1H3,(H,37,39)(H,40,41)/t17-,27-/m0/s1. The van der Waals surface area contributed by atoms with Crippen molar-refractivity contribution in [1.29, 1.82) is 0 Å². The lowest BCUT2D eigenvalue weighted by atomic mass is 9.95. The number of pyridine rings is 1. The lowest BCUT2D eigenvalue weighted by molar-refractivity contribution is -0.139. The Morgan fingerprint density at radius 1 is 1.17 bits per heavy atom. The fourth-order valence-corrected chi connectivity index (χ4v) is 5.61. The second-order valence-electron chi connectivity index (χ2n) is 9.99. The minimum Gasteiger partial charge on any atom is -0.480 e. The molecule has 0 unspecified atom stereocenters. The summed E-state index contributed by atoms with van der Waals surface area (Å²) in [7, 11) is 0. The van der Waals surface area contributed by atoms with E-state index in [0.29, 0.717) is 50.5 Å². The number of aliphatic carboxylic acids is 1. The summed E-state index contributed by atoms with van der Waals surface area (Å²) in [6.07, 6.45) is 3.23. The van der Waals surface area contributed by atoms with Gasteiger partial charge < -0.3 is 15.3 Å². The molecule has 1 aliphatic rings. The molecule has 41 heavy (non-hydrogen) atoms. The molecule has 1 saturated heterocycles. The first-order valence-corrected chi connectivity index (χ1v) is 13.4. The van der Waals surface area contributed by atoms with Crippen LogP contribution in [0.2, 0.25) is 5.02 Å². The van der Waals surface area contributed by atoms with Crippen molar-refractivity contribution in [3.05, 3.63) is 100.0 Å². The zero-order valence-electron chi connectivity index (χ0n) is 22.0. The van der Waals surface area contributed by atoms with Crippen LogP contribution in [0.25, 0.3) is 26.9 Å². The largest absolute Gasteiger partial charge is 0.480 e. The molecule has 0 radical (unpaired) electrons. The third-order valence-electron chi connectivity index (χ3n) is 7.40. The first kappa shape index (κ1) is 28.0. The average molecular weight is 575 g/mol. The minimum absolute atomic E-state index is 0.120. The van der Waals surface area contributed by atoms with E-state index in [-0.39, 0.29) is 12.5 Å². The third-order valence-corrected chi connectivity index (χ3v) is 7.71. The van der Waals surface area contributed by atoms with Crippen molar-refractivity contribution in [2.45, 2.75) is 38.3 Å². The van der Waals surface area contributed by atoms with Gasteiger partial charge in [-0.3, -0.25) is 9.78 Å². The van der Waals surface area contributed by atoms with Gasteiger partial charge in [0, 0.05) is 46.9 Å². The Labute approximate surface area is 240 Å². The van der Waals surface area contributed by atoms with Crippen LogP contribution in [0, 0.1) is 18.2 Å². The lowest BCUT2D eigenvalue weighted by Gasteiger charge is -2.24. The molecule has 10 heteroatoms. The molecular formula is C31H25ClF2N4O3. The fourth-order valence-electron chi connectivity index (χ4n) is 5.33. The summed E-state index contributed by atoms with van der Waals surface area (Å²) < 4.78 is 30.0. The molecule has 2 heterocycles. The van der Waals surface area contributed by atoms with Crippen LogP contribution in [0.4, 0.5) is 20.2 Å². The number of fused-ring (bicyclic) bond motifs is 1. The molecule has 1 fully saturated rings. The maximum absolute atomic E-state index is 15.0. The number of benzene rings is 3. The SMILES string of the molecule is [C-]#[N+]c1ccc(-c2ccc(C[C@H](NC(=O)c3c(F)cc(N4CCC[C@@H]4C)cc3F)C(=O)O)c3cccnc23)c(Cl)c1. The lowest BCUT2D eigenvalue weighted by Crippen LogP contribution is -2.43. The first-order chi connectivity index (χ1) is 19.7. The molecule has 0 aliphatic carbocycles. The monoisotopic (exact) mass is 574 g/mol. The second-order valence-corrected chi connectivity index (χ2v) is 10.4. The summed E-state index contributed by atoms with van der Waals surface area (Å²) in [6, 6.07) is 12.7. The smallest absolute Gasteiger partial charge is 0.326 e. The predicted molar refractivity (Wildman–Crippen MR) is 153 cm³/mol. The van der Waals surface area contributed by atoms with E-state index in [1.807, 2.05) is 11.8 Å². The molecule has 1 amide bonds. The summed E-state index contributed by atoms with van der Waals surface area (Å²) in [4.78, 5) is 34.9. The number of nitrogens with one attached hydrogen (secondary N) is 1. The number of aromatic nitrogens is 1. The number of carbonyl (C=O) groups excluding carboxylic acids is 1. The van der Waals surface area contributed by atoms with Gasteiger partial charge in [-0.1, -0.05) is 41.9 Å². The summed E-state index contributed by atoms with van der Waals surface area (Å²) >= 11 is 6.44. The topological polar surface area (TPSA) is 86.9 Å². The van der Waals surface area contributed by atoms with E-state index in [1.54, 1.807) is 48.7 Å². The molecule has 3 aromatic carbocycles. The first-order valence-electron chi connectivity index (χ1n) is 13.0. The van der Waals surface area contributed by atoms with Gasteiger partial charge in [-0.05, 0) is 55.2 Å². The van der Waals surface area contributed by atoms with Crippen LogP contribution in [0.3, 0.4) is 0 Å². The molecule has 1 aromatic heterocycles. The van der Waals surface area contributed by atoms with Crippen molar-refractivity contribution in [3.63, 3.8) is 0 Å². The summed E-state index contributed by atoms with van der Waals surface area (Å²) in [5.41, 5.74) is 2.33. The maximum atomic E-state index is 15.0. The van der Waals surface area contributed by atoms with Crippen LogP contribution < -0.4 is 10.2 Å². The number of hydrogen-bond donors (Lipinski definition) is 2. The van der Waals surface area contributed by atoms with Crippen LogP contribution in [0.5, 0.6) is 0 Å². The summed E-state index contributed by atoms with van der Waals surface area (Å²) in [6.45, 7) is 9.81. The molecule has 2 N–H and O–H groups in total. The number of carboxylic acids is 1. The number of nitrogens with zero attached hydrogens (tertiary/aromatic N) is 3. The van der Waals surface area contributed by atoms with Gasteiger partial charge in [0.1, 0.15) is 23.2 Å². The Morgan fingerprint density at radius 2 is 1.90 bits per heavy atom. The number of carboxylic acid groups (broad SMARTS) is 1. The molecule has 2 atom stereocenters. The number of hydrogen-bond acceptors (Lipinski definition) is 4. The number of anilines is 1. The minimum atomic E-state index is -1.48. The van der Waals surface area contributed by atoms with Crippen LogP contribution >= 0.6 is 11.6 Å². The number of amides is 1. The Balaban J connectivity index is 1.43. The average Bonchev–Trinajstić information content (AvgIpc) is 3.38. The molecule has 208 valence electrons. The molecular weight excluding hydrogens is 550 g/mol. The van der Waals surface area contributed by atoms with Gasteiger partial charge in [0.15, 0.2) is 5.69 Å². The van der Waals surface area contributed by atoms with Crippen molar-refractivity contribution < 1.29 is 23.5 Å². The van der Waals surface area contributed by atoms with Gasteiger partial charge in [-0.15, -0.1) is 0 Å². The maximum Gasteiger partial charge on any atom is 0.326 e. The van der Waals surface area contributed by atoms with E-state index in [2.05, 4.69) is 15.1 Å². The predicted octanol–water partition coefficient (Wildman–Crippen LogP) is 6.80.